The Morgan fingerprint density at radius 2 is 1.94 bits per heavy atom. The third-order valence-corrected chi connectivity index (χ3v) is 3.22. The molecule has 0 bridgehead atoms. The molecule has 0 aromatic carbocycles. The third-order valence-electron chi connectivity index (χ3n) is 3.22. The van der Waals surface area contributed by atoms with E-state index >= 15 is 0 Å². The van der Waals surface area contributed by atoms with Crippen LogP contribution in [0.5, 0.6) is 0 Å². The van der Waals surface area contributed by atoms with Gasteiger partial charge in [0.25, 0.3) is 0 Å². The van der Waals surface area contributed by atoms with Crippen LogP contribution in [0.25, 0.3) is 0 Å². The summed E-state index contributed by atoms with van der Waals surface area (Å²) in [6, 6.07) is -0.524. The highest BCUT2D eigenvalue weighted by Crippen LogP contribution is 2.47. The van der Waals surface area contributed by atoms with E-state index in [4.69, 9.17) is 5.11 Å². The summed E-state index contributed by atoms with van der Waals surface area (Å²) in [5, 5.41) is 8.79. The molecule has 4 nitrogen and oxygen atoms in total. The lowest BCUT2D eigenvalue weighted by Gasteiger charge is -2.30. The number of alkyl halides is 3. The van der Waals surface area contributed by atoms with Crippen molar-refractivity contribution >= 4 is 11.9 Å². The standard InChI is InChI=1S/C9H10F3NO3/c10-9(11,12)8(16)13-2-1-4(7(14)15)5-3-6(5)13/h4-6H,1-3H2,(H,14,15)/t4-,5-,6-/m1/s1. The predicted octanol–water partition coefficient (Wildman–Crippen LogP) is 0.870. The van der Waals surface area contributed by atoms with Crippen molar-refractivity contribution in [3.8, 4) is 0 Å². The molecule has 1 amide bonds. The molecule has 2 fully saturated rings. The minimum atomic E-state index is -4.86. The number of hydrogen-bond acceptors (Lipinski definition) is 2. The fourth-order valence-electron chi connectivity index (χ4n) is 2.37. The van der Waals surface area contributed by atoms with Crippen LogP contribution in [0.1, 0.15) is 12.8 Å². The molecule has 1 saturated carbocycles. The Balaban J connectivity index is 2.04. The van der Waals surface area contributed by atoms with Crippen LogP contribution in [0.3, 0.4) is 0 Å². The van der Waals surface area contributed by atoms with Crippen LogP contribution in [-0.4, -0.2) is 40.6 Å². The summed E-state index contributed by atoms with van der Waals surface area (Å²) in [4.78, 5) is 22.5. The topological polar surface area (TPSA) is 57.6 Å². The Morgan fingerprint density at radius 1 is 1.31 bits per heavy atom. The van der Waals surface area contributed by atoms with Crippen molar-refractivity contribution in [3.63, 3.8) is 0 Å². The van der Waals surface area contributed by atoms with Gasteiger partial charge in [0.15, 0.2) is 0 Å². The van der Waals surface area contributed by atoms with E-state index in [0.717, 1.165) is 4.90 Å². The summed E-state index contributed by atoms with van der Waals surface area (Å²) in [7, 11) is 0. The summed E-state index contributed by atoms with van der Waals surface area (Å²) in [6.45, 7) is -0.115. The summed E-state index contributed by atoms with van der Waals surface area (Å²) in [5.74, 6) is -3.71. The van der Waals surface area contributed by atoms with Gasteiger partial charge in [0, 0.05) is 12.6 Å². The SMILES string of the molecule is O=C(O)[C@@H]1CCN(C(=O)C(F)(F)F)[C@@H]2C[C@@H]21. The lowest BCUT2D eigenvalue weighted by molar-refractivity contribution is -0.187. The zero-order valence-electron chi connectivity index (χ0n) is 8.20. The van der Waals surface area contributed by atoms with Gasteiger partial charge >= 0.3 is 18.1 Å². The maximum atomic E-state index is 12.2. The first-order valence-electron chi connectivity index (χ1n) is 4.93. The Labute approximate surface area is 89.0 Å². The number of rotatable bonds is 1. The molecule has 1 aliphatic heterocycles. The average Bonchev–Trinajstić information content (AvgIpc) is 2.92. The van der Waals surface area contributed by atoms with Gasteiger partial charge in [-0.15, -0.1) is 0 Å². The zero-order valence-corrected chi connectivity index (χ0v) is 8.20. The van der Waals surface area contributed by atoms with Crippen molar-refractivity contribution in [2.75, 3.05) is 6.54 Å². The number of carbonyl (C=O) groups excluding carboxylic acids is 1. The lowest BCUT2D eigenvalue weighted by Crippen LogP contribution is -2.47. The van der Waals surface area contributed by atoms with E-state index in [1.54, 1.807) is 0 Å². The molecule has 1 heterocycles. The predicted molar refractivity (Wildman–Crippen MR) is 45.4 cm³/mol. The first-order valence-corrected chi connectivity index (χ1v) is 4.93. The molecule has 0 spiro atoms. The summed E-state index contributed by atoms with van der Waals surface area (Å²) >= 11 is 0. The maximum absolute atomic E-state index is 12.2. The number of carboxylic acid groups (broad SMARTS) is 1. The summed E-state index contributed by atoms with van der Waals surface area (Å²) in [6.07, 6.45) is -4.37. The highest BCUT2D eigenvalue weighted by atomic mass is 19.4. The van der Waals surface area contributed by atoms with Crippen LogP contribution in [0.4, 0.5) is 13.2 Å². The number of carbonyl (C=O) groups is 2. The van der Waals surface area contributed by atoms with E-state index in [9.17, 15) is 22.8 Å². The normalized spacial score (nSPS) is 33.2. The Morgan fingerprint density at radius 3 is 2.44 bits per heavy atom. The first-order chi connectivity index (χ1) is 7.32. The summed E-state index contributed by atoms with van der Waals surface area (Å²) in [5.41, 5.74) is 0. The van der Waals surface area contributed by atoms with Gasteiger partial charge in [0.05, 0.1) is 5.92 Å². The van der Waals surface area contributed by atoms with E-state index in [2.05, 4.69) is 0 Å². The second-order valence-electron chi connectivity index (χ2n) is 4.20. The van der Waals surface area contributed by atoms with Gasteiger partial charge in [-0.1, -0.05) is 0 Å². The second kappa shape index (κ2) is 3.36. The highest BCUT2D eigenvalue weighted by Gasteiger charge is 2.57. The average molecular weight is 237 g/mol. The Bertz CT molecular complexity index is 341. The van der Waals surface area contributed by atoms with Gasteiger partial charge in [-0.3, -0.25) is 9.59 Å². The molecule has 90 valence electrons. The number of nitrogens with zero attached hydrogens (tertiary/aromatic N) is 1. The van der Waals surface area contributed by atoms with E-state index in [1.165, 1.54) is 0 Å². The Hall–Kier alpha value is -1.27. The molecule has 7 heteroatoms. The molecule has 2 rings (SSSR count). The number of likely N-dealkylation sites (tertiary alicyclic amines) is 1. The van der Waals surface area contributed by atoms with Crippen LogP contribution in [-0.2, 0) is 9.59 Å². The summed E-state index contributed by atoms with van der Waals surface area (Å²) < 4.78 is 36.5. The van der Waals surface area contributed by atoms with E-state index in [-0.39, 0.29) is 18.9 Å². The van der Waals surface area contributed by atoms with Crippen LogP contribution in [0.15, 0.2) is 0 Å². The molecule has 1 aliphatic carbocycles. The highest BCUT2D eigenvalue weighted by molar-refractivity contribution is 5.83. The molecule has 0 aromatic heterocycles. The first kappa shape index (κ1) is 11.2. The maximum Gasteiger partial charge on any atom is 0.471 e. The van der Waals surface area contributed by atoms with E-state index in [0.29, 0.717) is 6.42 Å². The van der Waals surface area contributed by atoms with E-state index < -0.39 is 30.0 Å². The molecule has 3 atom stereocenters. The number of piperidine rings is 1. The van der Waals surface area contributed by atoms with Crippen molar-refractivity contribution in [3.05, 3.63) is 0 Å². The zero-order chi connectivity index (χ0) is 12.1. The van der Waals surface area contributed by atoms with Gasteiger partial charge in [-0.05, 0) is 18.8 Å². The molecular formula is C9H10F3NO3. The molecular weight excluding hydrogens is 227 g/mol. The monoisotopic (exact) mass is 237 g/mol. The fourth-order valence-corrected chi connectivity index (χ4v) is 2.37. The number of amides is 1. The fraction of sp³-hybridized carbons (Fsp3) is 0.778. The number of hydrogen-bond donors (Lipinski definition) is 1. The number of halogens is 3. The van der Waals surface area contributed by atoms with Crippen molar-refractivity contribution in [2.24, 2.45) is 11.8 Å². The molecule has 1 saturated heterocycles. The van der Waals surface area contributed by atoms with Gasteiger partial charge in [-0.2, -0.15) is 13.2 Å². The minimum Gasteiger partial charge on any atom is -0.481 e. The minimum absolute atomic E-state index is 0.109. The van der Waals surface area contributed by atoms with Crippen LogP contribution >= 0.6 is 0 Å². The third kappa shape index (κ3) is 1.74. The number of aliphatic carboxylic acids is 1. The second-order valence-corrected chi connectivity index (χ2v) is 4.20. The quantitative estimate of drug-likeness (QED) is 0.736. The van der Waals surface area contributed by atoms with Crippen LogP contribution in [0, 0.1) is 11.8 Å². The van der Waals surface area contributed by atoms with Gasteiger partial charge < -0.3 is 10.0 Å². The molecule has 0 radical (unpaired) electrons. The van der Waals surface area contributed by atoms with Gasteiger partial charge in [0.1, 0.15) is 0 Å². The lowest BCUT2D eigenvalue weighted by atomic mass is 9.96. The van der Waals surface area contributed by atoms with Gasteiger partial charge in [-0.25, -0.2) is 0 Å². The smallest absolute Gasteiger partial charge is 0.471 e. The molecule has 0 aromatic rings. The van der Waals surface area contributed by atoms with Crippen LogP contribution < -0.4 is 0 Å². The number of carboxylic acids is 1. The van der Waals surface area contributed by atoms with Crippen molar-refractivity contribution in [1.29, 1.82) is 0 Å². The number of fused-ring (bicyclic) bond motifs is 1. The molecule has 2 aliphatic rings. The van der Waals surface area contributed by atoms with Crippen LogP contribution in [0.2, 0.25) is 0 Å². The molecule has 16 heavy (non-hydrogen) atoms. The molecule has 1 N–H and O–H groups in total. The molecule has 0 unspecified atom stereocenters. The Kier molecular flexibility index (Phi) is 2.36. The van der Waals surface area contributed by atoms with Crippen molar-refractivity contribution in [1.82, 2.24) is 4.90 Å². The largest absolute Gasteiger partial charge is 0.481 e. The van der Waals surface area contributed by atoms with Crippen molar-refractivity contribution < 1.29 is 27.9 Å². The van der Waals surface area contributed by atoms with Gasteiger partial charge in [0.2, 0.25) is 0 Å². The van der Waals surface area contributed by atoms with Crippen molar-refractivity contribution in [2.45, 2.75) is 25.1 Å². The van der Waals surface area contributed by atoms with E-state index in [1.807, 2.05) is 0 Å².